The normalized spacial score (nSPS) is 13.3. The quantitative estimate of drug-likeness (QED) is 0.790. The molecule has 0 fully saturated rings. The van der Waals surface area contributed by atoms with Gasteiger partial charge in [0.15, 0.2) is 0 Å². The zero-order valence-corrected chi connectivity index (χ0v) is 12.0. The highest BCUT2D eigenvalue weighted by atomic mass is 15.3. The van der Waals surface area contributed by atoms with Crippen molar-refractivity contribution in [1.82, 2.24) is 15.1 Å². The minimum absolute atomic E-state index is 0.695. The van der Waals surface area contributed by atoms with Gasteiger partial charge < -0.3 is 5.32 Å². The Bertz CT molecular complexity index is 328. The summed E-state index contributed by atoms with van der Waals surface area (Å²) >= 11 is 0. The van der Waals surface area contributed by atoms with Crippen LogP contribution in [0.15, 0.2) is 6.20 Å². The van der Waals surface area contributed by atoms with Crippen molar-refractivity contribution in [3.05, 3.63) is 17.5 Å². The van der Waals surface area contributed by atoms with E-state index in [9.17, 15) is 0 Å². The molecule has 98 valence electrons. The number of nitrogens with zero attached hydrogens (tertiary/aromatic N) is 2. The van der Waals surface area contributed by atoms with Crippen LogP contribution in [0, 0.1) is 18.8 Å². The Hall–Kier alpha value is -0.830. The lowest BCUT2D eigenvalue weighted by atomic mass is 9.99. The summed E-state index contributed by atoms with van der Waals surface area (Å²) in [4.78, 5) is 0. The molecule has 3 nitrogen and oxygen atoms in total. The Morgan fingerprint density at radius 3 is 2.65 bits per heavy atom. The smallest absolute Gasteiger partial charge is 0.0537 e. The summed E-state index contributed by atoms with van der Waals surface area (Å²) < 4.78 is 2.15. The molecule has 0 aliphatic carbocycles. The maximum atomic E-state index is 4.49. The summed E-state index contributed by atoms with van der Waals surface area (Å²) in [6, 6.07) is 0. The van der Waals surface area contributed by atoms with Crippen LogP contribution in [0.5, 0.6) is 0 Å². The van der Waals surface area contributed by atoms with E-state index in [1.165, 1.54) is 17.7 Å². The van der Waals surface area contributed by atoms with E-state index < -0.39 is 0 Å². The molecule has 1 aromatic heterocycles. The standard InChI is InChI=1S/C14H27N3/c1-6-15-8-14-9-16-17(13(14)5)10-12(4)7-11(2)3/h9,11-12,15H,6-8,10H2,1-5H3. The highest BCUT2D eigenvalue weighted by Crippen LogP contribution is 2.15. The van der Waals surface area contributed by atoms with Crippen molar-refractivity contribution in [1.29, 1.82) is 0 Å². The summed E-state index contributed by atoms with van der Waals surface area (Å²) in [5, 5.41) is 7.84. The van der Waals surface area contributed by atoms with Crippen molar-refractivity contribution < 1.29 is 0 Å². The van der Waals surface area contributed by atoms with Gasteiger partial charge in [-0.2, -0.15) is 5.10 Å². The second-order valence-corrected chi connectivity index (χ2v) is 5.45. The summed E-state index contributed by atoms with van der Waals surface area (Å²) in [6.07, 6.45) is 3.27. The van der Waals surface area contributed by atoms with E-state index in [-0.39, 0.29) is 0 Å². The average Bonchev–Trinajstić information content (AvgIpc) is 2.57. The average molecular weight is 237 g/mol. The highest BCUT2D eigenvalue weighted by molar-refractivity contribution is 5.15. The monoisotopic (exact) mass is 237 g/mol. The van der Waals surface area contributed by atoms with Crippen LogP contribution in [0.4, 0.5) is 0 Å². The Labute approximate surface area is 106 Å². The first kappa shape index (κ1) is 14.2. The third kappa shape index (κ3) is 4.50. The SMILES string of the molecule is CCNCc1cnn(CC(C)CC(C)C)c1C. The van der Waals surface area contributed by atoms with Crippen LogP contribution in [0.1, 0.15) is 45.4 Å². The van der Waals surface area contributed by atoms with Crippen LogP contribution in [0.25, 0.3) is 0 Å². The summed E-state index contributed by atoms with van der Waals surface area (Å²) in [5.41, 5.74) is 2.63. The maximum Gasteiger partial charge on any atom is 0.0537 e. The molecular weight excluding hydrogens is 210 g/mol. The van der Waals surface area contributed by atoms with Crippen molar-refractivity contribution in [3.63, 3.8) is 0 Å². The van der Waals surface area contributed by atoms with Gasteiger partial charge in [0.1, 0.15) is 0 Å². The van der Waals surface area contributed by atoms with Crippen LogP contribution in [-0.4, -0.2) is 16.3 Å². The van der Waals surface area contributed by atoms with Gasteiger partial charge in [-0.15, -0.1) is 0 Å². The van der Waals surface area contributed by atoms with Gasteiger partial charge in [-0.05, 0) is 31.7 Å². The van der Waals surface area contributed by atoms with E-state index in [0.717, 1.165) is 25.6 Å². The molecule has 1 heterocycles. The van der Waals surface area contributed by atoms with Crippen molar-refractivity contribution in [2.75, 3.05) is 6.54 Å². The summed E-state index contributed by atoms with van der Waals surface area (Å²) in [6.45, 7) is 14.1. The van der Waals surface area contributed by atoms with Gasteiger partial charge >= 0.3 is 0 Å². The fourth-order valence-corrected chi connectivity index (χ4v) is 2.28. The van der Waals surface area contributed by atoms with Crippen molar-refractivity contribution >= 4 is 0 Å². The molecule has 0 spiro atoms. The number of aromatic nitrogens is 2. The zero-order valence-electron chi connectivity index (χ0n) is 12.0. The van der Waals surface area contributed by atoms with Crippen molar-refractivity contribution in [2.45, 2.75) is 54.1 Å². The third-order valence-corrected chi connectivity index (χ3v) is 3.13. The number of hydrogen-bond acceptors (Lipinski definition) is 2. The molecule has 1 N–H and O–H groups in total. The second kappa shape index (κ2) is 6.80. The molecule has 0 radical (unpaired) electrons. The molecule has 0 saturated carbocycles. The van der Waals surface area contributed by atoms with Gasteiger partial charge in [0.25, 0.3) is 0 Å². The molecule has 0 saturated heterocycles. The zero-order chi connectivity index (χ0) is 12.8. The molecule has 0 aromatic carbocycles. The van der Waals surface area contributed by atoms with Gasteiger partial charge in [-0.3, -0.25) is 4.68 Å². The molecule has 1 unspecified atom stereocenters. The van der Waals surface area contributed by atoms with E-state index >= 15 is 0 Å². The van der Waals surface area contributed by atoms with Crippen LogP contribution in [0.2, 0.25) is 0 Å². The molecule has 17 heavy (non-hydrogen) atoms. The van der Waals surface area contributed by atoms with Crippen LogP contribution in [-0.2, 0) is 13.1 Å². The largest absolute Gasteiger partial charge is 0.313 e. The minimum atomic E-state index is 0.695. The number of hydrogen-bond donors (Lipinski definition) is 1. The lowest BCUT2D eigenvalue weighted by molar-refractivity contribution is 0.369. The Kier molecular flexibility index (Phi) is 5.69. The molecular formula is C14H27N3. The molecule has 1 aromatic rings. The third-order valence-electron chi connectivity index (χ3n) is 3.13. The molecule has 0 aliphatic rings. The van der Waals surface area contributed by atoms with Crippen LogP contribution in [0.3, 0.4) is 0 Å². The Morgan fingerprint density at radius 1 is 1.35 bits per heavy atom. The van der Waals surface area contributed by atoms with Crippen molar-refractivity contribution in [3.8, 4) is 0 Å². The topological polar surface area (TPSA) is 29.9 Å². The first-order valence-corrected chi connectivity index (χ1v) is 6.76. The molecule has 1 atom stereocenters. The molecule has 0 bridgehead atoms. The highest BCUT2D eigenvalue weighted by Gasteiger charge is 2.10. The lowest BCUT2D eigenvalue weighted by Crippen LogP contribution is -2.14. The Morgan fingerprint density at radius 2 is 2.06 bits per heavy atom. The molecule has 0 aliphatic heterocycles. The fraction of sp³-hybridized carbons (Fsp3) is 0.786. The number of nitrogens with one attached hydrogen (secondary N) is 1. The van der Waals surface area contributed by atoms with Gasteiger partial charge in [-0.1, -0.05) is 27.7 Å². The van der Waals surface area contributed by atoms with E-state index in [2.05, 4.69) is 49.7 Å². The van der Waals surface area contributed by atoms with Crippen LogP contribution < -0.4 is 5.32 Å². The van der Waals surface area contributed by atoms with Gasteiger partial charge in [0.05, 0.1) is 6.20 Å². The second-order valence-electron chi connectivity index (χ2n) is 5.45. The Balaban J connectivity index is 2.56. The maximum absolute atomic E-state index is 4.49. The first-order chi connectivity index (χ1) is 8.04. The molecule has 1 rings (SSSR count). The fourth-order valence-electron chi connectivity index (χ4n) is 2.28. The van der Waals surface area contributed by atoms with Crippen molar-refractivity contribution in [2.24, 2.45) is 11.8 Å². The van der Waals surface area contributed by atoms with Gasteiger partial charge in [0, 0.05) is 24.3 Å². The van der Waals surface area contributed by atoms with Gasteiger partial charge in [0.2, 0.25) is 0 Å². The first-order valence-electron chi connectivity index (χ1n) is 6.76. The van der Waals surface area contributed by atoms with E-state index in [1.807, 2.05) is 6.20 Å². The lowest BCUT2D eigenvalue weighted by Gasteiger charge is -2.15. The summed E-state index contributed by atoms with van der Waals surface area (Å²) in [5.74, 6) is 1.46. The van der Waals surface area contributed by atoms with Crippen LogP contribution >= 0.6 is 0 Å². The molecule has 3 heteroatoms. The van der Waals surface area contributed by atoms with E-state index in [1.54, 1.807) is 0 Å². The predicted octanol–water partition coefficient (Wildman–Crippen LogP) is 2.98. The molecule has 0 amide bonds. The number of rotatable bonds is 7. The summed E-state index contributed by atoms with van der Waals surface area (Å²) in [7, 11) is 0. The predicted molar refractivity (Wildman–Crippen MR) is 73.0 cm³/mol. The van der Waals surface area contributed by atoms with Gasteiger partial charge in [-0.25, -0.2) is 0 Å². The van der Waals surface area contributed by atoms with E-state index in [0.29, 0.717) is 5.92 Å². The van der Waals surface area contributed by atoms with E-state index in [4.69, 9.17) is 0 Å². The minimum Gasteiger partial charge on any atom is -0.313 e.